The van der Waals surface area contributed by atoms with Crippen molar-refractivity contribution in [3.05, 3.63) is 100 Å². The molecule has 3 aromatic rings. The van der Waals surface area contributed by atoms with E-state index in [4.69, 9.17) is 27.9 Å². The van der Waals surface area contributed by atoms with Crippen molar-refractivity contribution in [2.45, 2.75) is 70.0 Å². The van der Waals surface area contributed by atoms with Gasteiger partial charge in [0.15, 0.2) is 0 Å². The first-order valence-electron chi connectivity index (χ1n) is 13.8. The number of hydrogen-bond acceptors (Lipinski definition) is 3. The number of carbonyl (C=O) groups is 2. The SMILES string of the molecule is O=C(NC1CCCCC1)C(Cc1ccccc1)N(Cc1c(Cl)cccc1Cl)C(=O)CCCOc1ccccc1. The van der Waals surface area contributed by atoms with Crippen molar-refractivity contribution < 1.29 is 14.3 Å². The second kappa shape index (κ2) is 14.9. The molecule has 3 aromatic carbocycles. The van der Waals surface area contributed by atoms with E-state index in [1.165, 1.54) is 6.42 Å². The van der Waals surface area contributed by atoms with Crippen molar-refractivity contribution in [2.75, 3.05) is 6.61 Å². The van der Waals surface area contributed by atoms with Crippen molar-refractivity contribution >= 4 is 35.0 Å². The summed E-state index contributed by atoms with van der Waals surface area (Å²) in [5, 5.41) is 4.20. The molecule has 206 valence electrons. The van der Waals surface area contributed by atoms with Gasteiger partial charge < -0.3 is 15.0 Å². The Morgan fingerprint density at radius 1 is 0.872 bits per heavy atom. The van der Waals surface area contributed by atoms with Gasteiger partial charge in [0.2, 0.25) is 11.8 Å². The maximum Gasteiger partial charge on any atom is 0.243 e. The fraction of sp³-hybridized carbons (Fsp3) is 0.375. The molecule has 0 heterocycles. The molecule has 0 aliphatic heterocycles. The topological polar surface area (TPSA) is 58.6 Å². The molecule has 2 amide bonds. The van der Waals surface area contributed by atoms with Gasteiger partial charge in [0, 0.05) is 41.0 Å². The number of hydrogen-bond donors (Lipinski definition) is 1. The Hall–Kier alpha value is -3.02. The first-order valence-corrected chi connectivity index (χ1v) is 14.5. The molecule has 1 saturated carbocycles. The Bertz CT molecular complexity index is 1180. The zero-order chi connectivity index (χ0) is 27.5. The van der Waals surface area contributed by atoms with Crippen LogP contribution < -0.4 is 10.1 Å². The normalized spacial score (nSPS) is 14.4. The summed E-state index contributed by atoms with van der Waals surface area (Å²) in [6.45, 7) is 0.542. The van der Waals surface area contributed by atoms with Crippen LogP contribution in [0, 0.1) is 0 Å². The van der Waals surface area contributed by atoms with Crippen LogP contribution >= 0.6 is 23.2 Å². The molecule has 1 fully saturated rings. The summed E-state index contributed by atoms with van der Waals surface area (Å²) in [6, 6.07) is 24.1. The number of nitrogens with zero attached hydrogens (tertiary/aromatic N) is 1. The minimum atomic E-state index is -0.704. The van der Waals surface area contributed by atoms with E-state index in [-0.39, 0.29) is 30.8 Å². The highest BCUT2D eigenvalue weighted by atomic mass is 35.5. The largest absolute Gasteiger partial charge is 0.494 e. The smallest absolute Gasteiger partial charge is 0.243 e. The highest BCUT2D eigenvalue weighted by molar-refractivity contribution is 6.36. The number of carbonyl (C=O) groups excluding carboxylic acids is 2. The zero-order valence-electron chi connectivity index (χ0n) is 22.2. The molecule has 39 heavy (non-hydrogen) atoms. The van der Waals surface area contributed by atoms with Gasteiger partial charge >= 0.3 is 0 Å². The quantitative estimate of drug-likeness (QED) is 0.235. The van der Waals surface area contributed by atoms with Crippen LogP contribution in [0.1, 0.15) is 56.1 Å². The van der Waals surface area contributed by atoms with Crippen LogP contribution in [-0.4, -0.2) is 35.4 Å². The number of nitrogens with one attached hydrogen (secondary N) is 1. The Morgan fingerprint density at radius 2 is 1.51 bits per heavy atom. The second-order valence-corrected chi connectivity index (χ2v) is 10.9. The van der Waals surface area contributed by atoms with E-state index < -0.39 is 6.04 Å². The number of benzene rings is 3. The maximum atomic E-state index is 13.8. The third kappa shape index (κ3) is 8.74. The Morgan fingerprint density at radius 3 is 2.18 bits per heavy atom. The minimum absolute atomic E-state index is 0.129. The average Bonchev–Trinajstić information content (AvgIpc) is 2.96. The predicted molar refractivity (Wildman–Crippen MR) is 157 cm³/mol. The third-order valence-corrected chi connectivity index (χ3v) is 7.87. The van der Waals surface area contributed by atoms with E-state index in [1.807, 2.05) is 60.7 Å². The fourth-order valence-corrected chi connectivity index (χ4v) is 5.54. The summed E-state index contributed by atoms with van der Waals surface area (Å²) >= 11 is 13.1. The summed E-state index contributed by atoms with van der Waals surface area (Å²) in [5.41, 5.74) is 1.62. The summed E-state index contributed by atoms with van der Waals surface area (Å²) in [7, 11) is 0. The first-order chi connectivity index (χ1) is 19.0. The molecule has 5 nitrogen and oxygen atoms in total. The van der Waals surface area contributed by atoms with Crippen LogP contribution in [0.5, 0.6) is 5.75 Å². The third-order valence-electron chi connectivity index (χ3n) is 7.16. The van der Waals surface area contributed by atoms with E-state index in [9.17, 15) is 9.59 Å². The molecule has 0 radical (unpaired) electrons. The van der Waals surface area contributed by atoms with Crippen LogP contribution in [0.4, 0.5) is 0 Å². The van der Waals surface area contributed by atoms with E-state index in [0.29, 0.717) is 35.1 Å². The van der Waals surface area contributed by atoms with Crippen molar-refractivity contribution in [1.29, 1.82) is 0 Å². The van der Waals surface area contributed by atoms with Crippen LogP contribution in [-0.2, 0) is 22.6 Å². The van der Waals surface area contributed by atoms with Crippen LogP contribution in [0.15, 0.2) is 78.9 Å². The Balaban J connectivity index is 1.56. The molecule has 4 rings (SSSR count). The molecule has 1 aliphatic rings. The molecular weight excluding hydrogens is 531 g/mol. The van der Waals surface area contributed by atoms with Gasteiger partial charge in [-0.1, -0.05) is 97.1 Å². The fourth-order valence-electron chi connectivity index (χ4n) is 5.03. The summed E-state index contributed by atoms with van der Waals surface area (Å²) < 4.78 is 5.80. The van der Waals surface area contributed by atoms with Gasteiger partial charge in [0.25, 0.3) is 0 Å². The number of amides is 2. The van der Waals surface area contributed by atoms with Crippen LogP contribution in [0.3, 0.4) is 0 Å². The summed E-state index contributed by atoms with van der Waals surface area (Å²) in [4.78, 5) is 29.3. The van der Waals surface area contributed by atoms with E-state index in [2.05, 4.69) is 5.32 Å². The van der Waals surface area contributed by atoms with Crippen LogP contribution in [0.2, 0.25) is 10.0 Å². The molecular formula is C32H36Cl2N2O3. The lowest BCUT2D eigenvalue weighted by Crippen LogP contribution is -2.52. The zero-order valence-corrected chi connectivity index (χ0v) is 23.7. The second-order valence-electron chi connectivity index (χ2n) is 10.0. The minimum Gasteiger partial charge on any atom is -0.494 e. The molecule has 0 spiro atoms. The van der Waals surface area contributed by atoms with E-state index in [1.54, 1.807) is 23.1 Å². The highest BCUT2D eigenvalue weighted by Crippen LogP contribution is 2.28. The van der Waals surface area contributed by atoms with Gasteiger partial charge in [-0.15, -0.1) is 0 Å². The molecule has 0 bridgehead atoms. The molecule has 1 unspecified atom stereocenters. The lowest BCUT2D eigenvalue weighted by Gasteiger charge is -2.34. The lowest BCUT2D eigenvalue weighted by atomic mass is 9.94. The molecule has 1 atom stereocenters. The number of para-hydroxylation sites is 1. The van der Waals surface area contributed by atoms with Crippen molar-refractivity contribution in [3.63, 3.8) is 0 Å². The van der Waals surface area contributed by atoms with Crippen molar-refractivity contribution in [3.8, 4) is 5.75 Å². The molecule has 1 aliphatic carbocycles. The number of rotatable bonds is 12. The Labute approximate surface area is 241 Å². The monoisotopic (exact) mass is 566 g/mol. The number of halogens is 2. The number of ether oxygens (including phenoxy) is 1. The lowest BCUT2D eigenvalue weighted by molar-refractivity contribution is -0.141. The van der Waals surface area contributed by atoms with E-state index >= 15 is 0 Å². The van der Waals surface area contributed by atoms with Crippen LogP contribution in [0.25, 0.3) is 0 Å². The predicted octanol–water partition coefficient (Wildman–Crippen LogP) is 7.24. The Kier molecular flexibility index (Phi) is 11.1. The standard InChI is InChI=1S/C32H36Cl2N2O3/c33-28-18-10-19-29(34)27(28)23-36(31(37)20-11-21-39-26-16-8-3-9-17-26)30(22-24-12-4-1-5-13-24)32(38)35-25-14-6-2-7-15-25/h1,3-5,8-10,12-13,16-19,25,30H,2,6-7,11,14-15,20-23H2,(H,35,38). The summed E-state index contributed by atoms with van der Waals surface area (Å²) in [6.07, 6.45) is 6.48. The van der Waals surface area contributed by atoms with E-state index in [0.717, 1.165) is 37.0 Å². The molecule has 7 heteroatoms. The van der Waals surface area contributed by atoms with Gasteiger partial charge in [-0.2, -0.15) is 0 Å². The average molecular weight is 568 g/mol. The van der Waals surface area contributed by atoms with Crippen molar-refractivity contribution in [2.24, 2.45) is 0 Å². The molecule has 1 N–H and O–H groups in total. The molecule has 0 aromatic heterocycles. The molecule has 0 saturated heterocycles. The first kappa shape index (κ1) is 29.0. The van der Waals surface area contributed by atoms with Gasteiger partial charge in [-0.25, -0.2) is 0 Å². The van der Waals surface area contributed by atoms with Crippen molar-refractivity contribution in [1.82, 2.24) is 10.2 Å². The van der Waals surface area contributed by atoms with Gasteiger partial charge in [-0.3, -0.25) is 9.59 Å². The van der Waals surface area contributed by atoms with Gasteiger partial charge in [0.05, 0.1) is 6.61 Å². The highest BCUT2D eigenvalue weighted by Gasteiger charge is 2.32. The van der Waals surface area contributed by atoms with Gasteiger partial charge in [0.1, 0.15) is 11.8 Å². The van der Waals surface area contributed by atoms with Gasteiger partial charge in [-0.05, 0) is 49.1 Å². The summed E-state index contributed by atoms with van der Waals surface area (Å²) in [5.74, 6) is 0.489. The maximum absolute atomic E-state index is 13.8.